The van der Waals surface area contributed by atoms with Crippen molar-refractivity contribution in [3.05, 3.63) is 83.9 Å². The Morgan fingerprint density at radius 1 is 0.567 bits per heavy atom. The van der Waals surface area contributed by atoms with E-state index in [4.69, 9.17) is 0 Å². The molecule has 0 aliphatic carbocycles. The third-order valence-corrected chi connectivity index (χ3v) is 5.56. The van der Waals surface area contributed by atoms with Gasteiger partial charge in [-0.3, -0.25) is 9.59 Å². The fourth-order valence-electron chi connectivity index (χ4n) is 3.63. The van der Waals surface area contributed by atoms with E-state index in [9.17, 15) is 9.59 Å². The van der Waals surface area contributed by atoms with E-state index in [1.54, 1.807) is 6.92 Å². The van der Waals surface area contributed by atoms with Gasteiger partial charge in [0.25, 0.3) is 0 Å². The number of ketones is 2. The van der Waals surface area contributed by atoms with Crippen molar-refractivity contribution < 1.29 is 9.59 Å². The second kappa shape index (κ2) is 10.7. The van der Waals surface area contributed by atoms with Crippen LogP contribution in [-0.4, -0.2) is 11.6 Å². The van der Waals surface area contributed by atoms with Crippen molar-refractivity contribution in [2.24, 2.45) is 0 Å². The number of Topliss-reactive ketones (excluding diaryl/α,β-unsaturated/α-hetero) is 2. The fourth-order valence-corrected chi connectivity index (χ4v) is 3.63. The second-order valence-corrected chi connectivity index (χ2v) is 7.88. The molecular formula is C28H30O2. The van der Waals surface area contributed by atoms with Crippen molar-refractivity contribution in [1.82, 2.24) is 0 Å². The predicted octanol–water partition coefficient (Wildman–Crippen LogP) is 7.77. The SMILES string of the molecule is CCCCCCCC(=O)c1ccc(-c2ccc(-c3ccc(C(C)=O)cc3)cc2)cc1. The molecule has 0 amide bonds. The number of rotatable bonds is 10. The quantitative estimate of drug-likeness (QED) is 0.258. The van der Waals surface area contributed by atoms with Crippen LogP contribution < -0.4 is 0 Å². The predicted molar refractivity (Wildman–Crippen MR) is 125 cm³/mol. The van der Waals surface area contributed by atoms with Gasteiger partial charge in [-0.05, 0) is 35.6 Å². The molecule has 3 aromatic carbocycles. The van der Waals surface area contributed by atoms with Crippen LogP contribution in [0.25, 0.3) is 22.3 Å². The Morgan fingerprint density at radius 2 is 0.967 bits per heavy atom. The highest BCUT2D eigenvalue weighted by atomic mass is 16.1. The van der Waals surface area contributed by atoms with Gasteiger partial charge in [0.05, 0.1) is 0 Å². The van der Waals surface area contributed by atoms with Crippen LogP contribution >= 0.6 is 0 Å². The molecule has 0 bridgehead atoms. The van der Waals surface area contributed by atoms with Crippen LogP contribution in [0.3, 0.4) is 0 Å². The summed E-state index contributed by atoms with van der Waals surface area (Å²) in [6.45, 7) is 3.78. The molecule has 0 unspecified atom stereocenters. The number of carbonyl (C=O) groups is 2. The van der Waals surface area contributed by atoms with Crippen LogP contribution in [-0.2, 0) is 0 Å². The first-order chi connectivity index (χ1) is 14.6. The number of unbranched alkanes of at least 4 members (excludes halogenated alkanes) is 4. The fraction of sp³-hybridized carbons (Fsp3) is 0.286. The Bertz CT molecular complexity index is 965. The molecule has 0 saturated heterocycles. The molecule has 0 atom stereocenters. The summed E-state index contributed by atoms with van der Waals surface area (Å²) in [5, 5.41) is 0. The van der Waals surface area contributed by atoms with Gasteiger partial charge in [-0.15, -0.1) is 0 Å². The highest BCUT2D eigenvalue weighted by Crippen LogP contribution is 2.26. The highest BCUT2D eigenvalue weighted by molar-refractivity contribution is 5.96. The molecule has 0 aromatic heterocycles. The van der Waals surface area contributed by atoms with Gasteiger partial charge >= 0.3 is 0 Å². The van der Waals surface area contributed by atoms with Crippen LogP contribution in [0.15, 0.2) is 72.8 Å². The molecule has 0 N–H and O–H groups in total. The molecule has 0 heterocycles. The van der Waals surface area contributed by atoms with Crippen molar-refractivity contribution in [3.63, 3.8) is 0 Å². The number of benzene rings is 3. The molecule has 3 aromatic rings. The average molecular weight is 399 g/mol. The second-order valence-electron chi connectivity index (χ2n) is 7.88. The normalized spacial score (nSPS) is 10.7. The van der Waals surface area contributed by atoms with Crippen molar-refractivity contribution in [2.45, 2.75) is 52.4 Å². The average Bonchev–Trinajstić information content (AvgIpc) is 2.79. The van der Waals surface area contributed by atoms with E-state index in [0.717, 1.165) is 46.2 Å². The number of carbonyl (C=O) groups excluding carboxylic acids is 2. The maximum atomic E-state index is 12.4. The zero-order valence-corrected chi connectivity index (χ0v) is 18.0. The molecule has 0 fully saturated rings. The molecule has 154 valence electrons. The largest absolute Gasteiger partial charge is 0.295 e. The van der Waals surface area contributed by atoms with E-state index >= 15 is 0 Å². The van der Waals surface area contributed by atoms with Crippen LogP contribution in [0.1, 0.15) is 73.1 Å². The van der Waals surface area contributed by atoms with Crippen molar-refractivity contribution >= 4 is 11.6 Å². The smallest absolute Gasteiger partial charge is 0.162 e. The van der Waals surface area contributed by atoms with Gasteiger partial charge < -0.3 is 0 Å². The van der Waals surface area contributed by atoms with E-state index in [1.807, 2.05) is 48.5 Å². The van der Waals surface area contributed by atoms with E-state index in [2.05, 4.69) is 31.2 Å². The molecule has 30 heavy (non-hydrogen) atoms. The lowest BCUT2D eigenvalue weighted by Crippen LogP contribution is -1.98. The van der Waals surface area contributed by atoms with E-state index in [-0.39, 0.29) is 11.6 Å². The van der Waals surface area contributed by atoms with Gasteiger partial charge in [0.2, 0.25) is 0 Å². The Kier molecular flexibility index (Phi) is 7.73. The summed E-state index contributed by atoms with van der Waals surface area (Å²) < 4.78 is 0. The first-order valence-corrected chi connectivity index (χ1v) is 10.9. The zero-order chi connectivity index (χ0) is 21.3. The third kappa shape index (κ3) is 5.76. The Labute approximate surface area is 180 Å². The van der Waals surface area contributed by atoms with E-state index < -0.39 is 0 Å². The molecule has 0 aliphatic rings. The topological polar surface area (TPSA) is 34.1 Å². The summed E-state index contributed by atoms with van der Waals surface area (Å²) in [6, 6.07) is 24.0. The van der Waals surface area contributed by atoms with Crippen LogP contribution in [0.2, 0.25) is 0 Å². The lowest BCUT2D eigenvalue weighted by Gasteiger charge is -2.07. The Hall–Kier alpha value is -3.00. The van der Waals surface area contributed by atoms with Crippen molar-refractivity contribution in [2.75, 3.05) is 0 Å². The van der Waals surface area contributed by atoms with Crippen molar-refractivity contribution in [3.8, 4) is 22.3 Å². The standard InChI is InChI=1S/C28H30O2/c1-3-4-5-6-7-8-28(30)27-19-17-26(18-20-27)25-15-13-24(14-16-25)23-11-9-22(10-12-23)21(2)29/h9-20H,3-8H2,1-2H3. The van der Waals surface area contributed by atoms with Gasteiger partial charge in [-0.1, -0.05) is 105 Å². The highest BCUT2D eigenvalue weighted by Gasteiger charge is 2.07. The first-order valence-electron chi connectivity index (χ1n) is 10.9. The van der Waals surface area contributed by atoms with Gasteiger partial charge in [0, 0.05) is 17.5 Å². The van der Waals surface area contributed by atoms with Gasteiger partial charge in [-0.2, -0.15) is 0 Å². The molecule has 2 nitrogen and oxygen atoms in total. The van der Waals surface area contributed by atoms with E-state index in [1.165, 1.54) is 19.3 Å². The minimum atomic E-state index is 0.0790. The van der Waals surface area contributed by atoms with Crippen LogP contribution in [0.4, 0.5) is 0 Å². The summed E-state index contributed by atoms with van der Waals surface area (Å²) in [6.07, 6.45) is 6.46. The molecule has 3 rings (SSSR count). The number of hydrogen-bond acceptors (Lipinski definition) is 2. The summed E-state index contributed by atoms with van der Waals surface area (Å²) >= 11 is 0. The maximum Gasteiger partial charge on any atom is 0.162 e. The number of hydrogen-bond donors (Lipinski definition) is 0. The van der Waals surface area contributed by atoms with Crippen molar-refractivity contribution in [1.29, 1.82) is 0 Å². The third-order valence-electron chi connectivity index (χ3n) is 5.56. The molecule has 0 saturated carbocycles. The molecule has 0 radical (unpaired) electrons. The van der Waals surface area contributed by atoms with Crippen LogP contribution in [0, 0.1) is 0 Å². The summed E-state index contributed by atoms with van der Waals surface area (Å²) in [5.74, 6) is 0.317. The lowest BCUT2D eigenvalue weighted by atomic mass is 9.97. The maximum absolute atomic E-state index is 12.4. The first kappa shape index (κ1) is 21.7. The molecular weight excluding hydrogens is 368 g/mol. The molecule has 2 heteroatoms. The van der Waals surface area contributed by atoms with Crippen LogP contribution in [0.5, 0.6) is 0 Å². The van der Waals surface area contributed by atoms with Gasteiger partial charge in [-0.25, -0.2) is 0 Å². The minimum Gasteiger partial charge on any atom is -0.295 e. The van der Waals surface area contributed by atoms with Gasteiger partial charge in [0.1, 0.15) is 0 Å². The Balaban J connectivity index is 1.62. The Morgan fingerprint density at radius 3 is 1.40 bits per heavy atom. The van der Waals surface area contributed by atoms with E-state index in [0.29, 0.717) is 6.42 Å². The minimum absolute atomic E-state index is 0.0790. The summed E-state index contributed by atoms with van der Waals surface area (Å²) in [5.41, 5.74) is 5.96. The molecule has 0 aliphatic heterocycles. The summed E-state index contributed by atoms with van der Waals surface area (Å²) in [7, 11) is 0. The summed E-state index contributed by atoms with van der Waals surface area (Å²) in [4.78, 5) is 23.8. The zero-order valence-electron chi connectivity index (χ0n) is 18.0. The molecule has 0 spiro atoms. The lowest BCUT2D eigenvalue weighted by molar-refractivity contribution is 0.0977. The van der Waals surface area contributed by atoms with Gasteiger partial charge in [0.15, 0.2) is 11.6 Å². The monoisotopic (exact) mass is 398 g/mol.